The van der Waals surface area contributed by atoms with Crippen molar-refractivity contribution in [1.29, 1.82) is 0 Å². The van der Waals surface area contributed by atoms with E-state index in [1.54, 1.807) is 6.92 Å². The second-order valence-corrected chi connectivity index (χ2v) is 6.24. The van der Waals surface area contributed by atoms with Crippen LogP contribution in [0, 0.1) is 12.8 Å². The van der Waals surface area contributed by atoms with Crippen molar-refractivity contribution >= 4 is 17.4 Å². The van der Waals surface area contributed by atoms with Crippen molar-refractivity contribution in [2.24, 2.45) is 5.92 Å². The average molecular weight is 337 g/mol. The Bertz CT molecular complexity index is 665. The number of aromatic nitrogens is 4. The molecule has 0 aromatic carbocycles. The summed E-state index contributed by atoms with van der Waals surface area (Å²) in [5, 5.41) is 10.9. The van der Waals surface area contributed by atoms with Crippen LogP contribution in [0.4, 0.5) is 0 Å². The maximum Gasteiger partial charge on any atom is 0.265 e. The normalized spacial score (nSPS) is 17.1. The number of aryl methyl sites for hydroxylation is 2. The highest BCUT2D eigenvalue weighted by atomic mass is 32.1. The van der Waals surface area contributed by atoms with E-state index in [0.717, 1.165) is 24.4 Å². The molecular weight excluding hydrogens is 318 g/mol. The summed E-state index contributed by atoms with van der Waals surface area (Å²) in [5.74, 6) is 1.01. The van der Waals surface area contributed by atoms with Gasteiger partial charge in [0.25, 0.3) is 5.91 Å². The van der Waals surface area contributed by atoms with Gasteiger partial charge in [-0.05, 0) is 43.6 Å². The van der Waals surface area contributed by atoms with Crippen LogP contribution in [0.1, 0.15) is 52.9 Å². The van der Waals surface area contributed by atoms with Gasteiger partial charge in [-0.25, -0.2) is 0 Å². The van der Waals surface area contributed by atoms with Crippen LogP contribution in [-0.2, 0) is 11.2 Å². The third-order valence-corrected chi connectivity index (χ3v) is 4.70. The molecule has 0 radical (unpaired) electrons. The number of ether oxygens (including phenoxy) is 1. The van der Waals surface area contributed by atoms with Crippen LogP contribution < -0.4 is 5.32 Å². The first-order valence-corrected chi connectivity index (χ1v) is 8.46. The summed E-state index contributed by atoms with van der Waals surface area (Å²) in [5.41, 5.74) is 0.708. The zero-order chi connectivity index (χ0) is 16.2. The zero-order valence-corrected chi connectivity index (χ0v) is 13.9. The fourth-order valence-corrected chi connectivity index (χ4v) is 3.34. The van der Waals surface area contributed by atoms with Gasteiger partial charge in [-0.15, -0.1) is 5.10 Å². The van der Waals surface area contributed by atoms with Crippen molar-refractivity contribution in [1.82, 2.24) is 25.0 Å². The molecule has 1 fully saturated rings. The molecule has 0 unspecified atom stereocenters. The molecule has 1 amide bonds. The Hall–Kier alpha value is -1.87. The highest BCUT2D eigenvalue weighted by Gasteiger charge is 2.32. The lowest BCUT2D eigenvalue weighted by atomic mass is 9.91. The zero-order valence-electron chi connectivity index (χ0n) is 13.1. The van der Waals surface area contributed by atoms with Gasteiger partial charge < -0.3 is 14.6 Å². The Morgan fingerprint density at radius 3 is 2.87 bits per heavy atom. The van der Waals surface area contributed by atoms with E-state index in [9.17, 15) is 4.79 Å². The molecule has 1 atom stereocenters. The Balaban J connectivity index is 1.82. The average Bonchev–Trinajstić information content (AvgIpc) is 3.21. The lowest BCUT2D eigenvalue weighted by Crippen LogP contribution is -2.36. The van der Waals surface area contributed by atoms with E-state index in [0.29, 0.717) is 41.9 Å². The van der Waals surface area contributed by atoms with Crippen LogP contribution >= 0.6 is 11.5 Å². The second-order valence-electron chi connectivity index (χ2n) is 5.48. The molecule has 0 aliphatic carbocycles. The van der Waals surface area contributed by atoms with E-state index in [-0.39, 0.29) is 17.9 Å². The molecule has 3 rings (SSSR count). The summed E-state index contributed by atoms with van der Waals surface area (Å²) in [6.45, 7) is 5.06. The topological polar surface area (TPSA) is 103 Å². The molecule has 0 bridgehead atoms. The van der Waals surface area contributed by atoms with Gasteiger partial charge >= 0.3 is 0 Å². The van der Waals surface area contributed by atoms with Crippen molar-refractivity contribution in [3.8, 4) is 0 Å². The Labute approximate surface area is 137 Å². The molecule has 9 heteroatoms. The third-order valence-electron chi connectivity index (χ3n) is 3.93. The molecule has 2 aromatic heterocycles. The molecule has 0 spiro atoms. The van der Waals surface area contributed by atoms with E-state index in [2.05, 4.69) is 25.0 Å². The fraction of sp³-hybridized carbons (Fsp3) is 0.643. The lowest BCUT2D eigenvalue weighted by molar-refractivity contribution is 0.0468. The molecule has 1 saturated heterocycles. The molecule has 1 aliphatic rings. The van der Waals surface area contributed by atoms with Crippen LogP contribution in [0.2, 0.25) is 0 Å². The standard InChI is InChI=1S/C14H19N5O3S/c1-3-10-12(23-19-17-10)13(20)16-11(9-4-6-21-7-5-9)14-15-8(2)18-22-14/h9,11H,3-7H2,1-2H3,(H,16,20)/t11-/m0/s1. The van der Waals surface area contributed by atoms with E-state index < -0.39 is 0 Å². The summed E-state index contributed by atoms with van der Waals surface area (Å²) in [4.78, 5) is 17.5. The van der Waals surface area contributed by atoms with E-state index in [4.69, 9.17) is 9.26 Å². The van der Waals surface area contributed by atoms with E-state index in [1.807, 2.05) is 6.92 Å². The van der Waals surface area contributed by atoms with Gasteiger partial charge in [-0.1, -0.05) is 16.6 Å². The van der Waals surface area contributed by atoms with Gasteiger partial charge in [-0.3, -0.25) is 4.79 Å². The number of rotatable bonds is 5. The predicted molar refractivity (Wildman–Crippen MR) is 82.1 cm³/mol. The van der Waals surface area contributed by atoms with E-state index in [1.165, 1.54) is 0 Å². The van der Waals surface area contributed by atoms with Crippen molar-refractivity contribution in [2.75, 3.05) is 13.2 Å². The molecule has 23 heavy (non-hydrogen) atoms. The van der Waals surface area contributed by atoms with Crippen molar-refractivity contribution in [3.63, 3.8) is 0 Å². The van der Waals surface area contributed by atoms with Crippen molar-refractivity contribution in [3.05, 3.63) is 22.3 Å². The van der Waals surface area contributed by atoms with E-state index >= 15 is 0 Å². The van der Waals surface area contributed by atoms with Crippen molar-refractivity contribution in [2.45, 2.75) is 39.2 Å². The van der Waals surface area contributed by atoms with Crippen LogP contribution in [0.15, 0.2) is 4.52 Å². The first-order chi connectivity index (χ1) is 11.2. The van der Waals surface area contributed by atoms with Crippen LogP contribution in [0.25, 0.3) is 0 Å². The molecular formula is C14H19N5O3S. The van der Waals surface area contributed by atoms with Crippen LogP contribution in [-0.4, -0.2) is 38.8 Å². The minimum absolute atomic E-state index is 0.191. The van der Waals surface area contributed by atoms with Gasteiger partial charge in [0.15, 0.2) is 5.82 Å². The molecule has 124 valence electrons. The summed E-state index contributed by atoms with van der Waals surface area (Å²) < 4.78 is 14.6. The first kappa shape index (κ1) is 16.0. The summed E-state index contributed by atoms with van der Waals surface area (Å²) in [6, 6.07) is -0.320. The maximum atomic E-state index is 12.6. The molecule has 1 N–H and O–H groups in total. The fourth-order valence-electron chi connectivity index (χ4n) is 2.69. The van der Waals surface area contributed by atoms with Gasteiger partial charge in [0, 0.05) is 13.2 Å². The highest BCUT2D eigenvalue weighted by Crippen LogP contribution is 2.30. The lowest BCUT2D eigenvalue weighted by Gasteiger charge is -2.28. The molecule has 1 aliphatic heterocycles. The smallest absolute Gasteiger partial charge is 0.265 e. The summed E-state index contributed by atoms with van der Waals surface area (Å²) >= 11 is 1.11. The molecule has 8 nitrogen and oxygen atoms in total. The maximum absolute atomic E-state index is 12.6. The number of hydrogen-bond donors (Lipinski definition) is 1. The largest absolute Gasteiger partial charge is 0.381 e. The van der Waals surface area contributed by atoms with Gasteiger partial charge in [0.2, 0.25) is 5.89 Å². The number of carbonyl (C=O) groups excluding carboxylic acids is 1. The Kier molecular flexibility index (Phi) is 4.97. The van der Waals surface area contributed by atoms with Crippen LogP contribution in [0.3, 0.4) is 0 Å². The SMILES string of the molecule is CCc1nnsc1C(=O)N[C@H](c1nc(C)no1)C1CCOCC1. The monoisotopic (exact) mass is 337 g/mol. The van der Waals surface area contributed by atoms with Crippen molar-refractivity contribution < 1.29 is 14.1 Å². The number of nitrogens with one attached hydrogen (secondary N) is 1. The third kappa shape index (κ3) is 3.56. The molecule has 0 saturated carbocycles. The quantitative estimate of drug-likeness (QED) is 0.885. The Morgan fingerprint density at radius 1 is 1.43 bits per heavy atom. The van der Waals surface area contributed by atoms with Gasteiger partial charge in [0.1, 0.15) is 10.9 Å². The molecule has 2 aromatic rings. The number of nitrogens with zero attached hydrogens (tertiary/aromatic N) is 4. The van der Waals surface area contributed by atoms with Gasteiger partial charge in [-0.2, -0.15) is 4.98 Å². The van der Waals surface area contributed by atoms with Gasteiger partial charge in [0.05, 0.1) is 5.69 Å². The first-order valence-electron chi connectivity index (χ1n) is 7.69. The second kappa shape index (κ2) is 7.14. The number of carbonyl (C=O) groups is 1. The molecule has 3 heterocycles. The Morgan fingerprint density at radius 2 is 2.22 bits per heavy atom. The number of amides is 1. The minimum atomic E-state index is -0.320. The summed E-state index contributed by atoms with van der Waals surface area (Å²) in [7, 11) is 0. The highest BCUT2D eigenvalue weighted by molar-refractivity contribution is 7.08. The minimum Gasteiger partial charge on any atom is -0.381 e. The number of hydrogen-bond acceptors (Lipinski definition) is 8. The van der Waals surface area contributed by atoms with Crippen LogP contribution in [0.5, 0.6) is 0 Å². The summed E-state index contributed by atoms with van der Waals surface area (Å²) in [6.07, 6.45) is 2.35. The predicted octanol–water partition coefficient (Wildman–Crippen LogP) is 1.69.